The van der Waals surface area contributed by atoms with Crippen molar-refractivity contribution in [3.05, 3.63) is 29.8 Å². The fourth-order valence-electron chi connectivity index (χ4n) is 0.971. The molecule has 0 bridgehead atoms. The summed E-state index contributed by atoms with van der Waals surface area (Å²) in [5.74, 6) is -3.00. The summed E-state index contributed by atoms with van der Waals surface area (Å²) in [6.07, 6.45) is 1.08. The van der Waals surface area contributed by atoms with Gasteiger partial charge in [-0.15, -0.1) is 0 Å². The number of carbonyl (C=O) groups is 2. The van der Waals surface area contributed by atoms with E-state index >= 15 is 0 Å². The molecule has 3 N–H and O–H groups in total. The summed E-state index contributed by atoms with van der Waals surface area (Å²) >= 11 is 0. The summed E-state index contributed by atoms with van der Waals surface area (Å²) in [6, 6.07) is 0.684. The minimum absolute atomic E-state index is 0.0628. The second-order valence-corrected chi connectivity index (χ2v) is 2.91. The molecule has 1 amide bonds. The van der Waals surface area contributed by atoms with Crippen LogP contribution < -0.4 is 5.32 Å². The van der Waals surface area contributed by atoms with Crippen molar-refractivity contribution in [1.82, 2.24) is 10.3 Å². The zero-order valence-corrected chi connectivity index (χ0v) is 8.05. The first-order chi connectivity index (χ1) is 7.54. The number of carbonyl (C=O) groups excluding carboxylic acids is 1. The lowest BCUT2D eigenvalue weighted by Crippen LogP contribution is -2.43. The third-order valence-corrected chi connectivity index (χ3v) is 1.77. The lowest BCUT2D eigenvalue weighted by molar-refractivity contribution is -0.140. The Morgan fingerprint density at radius 1 is 1.56 bits per heavy atom. The van der Waals surface area contributed by atoms with Crippen molar-refractivity contribution >= 4 is 11.9 Å². The second-order valence-electron chi connectivity index (χ2n) is 2.91. The molecular formula is C9H9FN2O4. The molecule has 0 aromatic carbocycles. The number of amides is 1. The van der Waals surface area contributed by atoms with Gasteiger partial charge in [0.1, 0.15) is 0 Å². The molecule has 0 radical (unpaired) electrons. The van der Waals surface area contributed by atoms with E-state index in [1.807, 2.05) is 5.32 Å². The maximum atomic E-state index is 12.6. The summed E-state index contributed by atoms with van der Waals surface area (Å²) in [7, 11) is 0. The average molecular weight is 228 g/mol. The molecule has 0 saturated carbocycles. The van der Waals surface area contributed by atoms with E-state index in [0.29, 0.717) is 0 Å². The highest BCUT2D eigenvalue weighted by Gasteiger charge is 2.19. The molecule has 0 aliphatic rings. The second kappa shape index (κ2) is 5.17. The number of nitrogens with zero attached hydrogens (tertiary/aromatic N) is 1. The highest BCUT2D eigenvalue weighted by Crippen LogP contribution is 2.00. The van der Waals surface area contributed by atoms with Gasteiger partial charge in [0.15, 0.2) is 6.04 Å². The van der Waals surface area contributed by atoms with Crippen LogP contribution in [0.2, 0.25) is 0 Å². The molecule has 0 aliphatic carbocycles. The topological polar surface area (TPSA) is 99.5 Å². The third kappa shape index (κ3) is 2.99. The van der Waals surface area contributed by atoms with Gasteiger partial charge in [-0.1, -0.05) is 0 Å². The van der Waals surface area contributed by atoms with Crippen LogP contribution in [0.1, 0.15) is 10.4 Å². The van der Waals surface area contributed by atoms with Crippen LogP contribution in [-0.2, 0) is 4.79 Å². The lowest BCUT2D eigenvalue weighted by Gasteiger charge is -2.11. The number of hydrogen-bond acceptors (Lipinski definition) is 4. The highest BCUT2D eigenvalue weighted by molar-refractivity contribution is 5.96. The summed E-state index contributed by atoms with van der Waals surface area (Å²) in [6.45, 7) is -0.741. The number of aliphatic carboxylic acids is 1. The van der Waals surface area contributed by atoms with Gasteiger partial charge in [-0.25, -0.2) is 9.78 Å². The van der Waals surface area contributed by atoms with Crippen molar-refractivity contribution in [2.45, 2.75) is 6.04 Å². The van der Waals surface area contributed by atoms with E-state index in [-0.39, 0.29) is 5.56 Å². The molecule has 16 heavy (non-hydrogen) atoms. The van der Waals surface area contributed by atoms with E-state index in [2.05, 4.69) is 4.98 Å². The minimum atomic E-state index is -1.41. The van der Waals surface area contributed by atoms with Gasteiger partial charge in [0.2, 0.25) is 5.95 Å². The number of aromatic nitrogens is 1. The Balaban J connectivity index is 2.75. The van der Waals surface area contributed by atoms with Gasteiger partial charge >= 0.3 is 5.97 Å². The summed E-state index contributed by atoms with van der Waals surface area (Å²) < 4.78 is 12.6. The zero-order chi connectivity index (χ0) is 12.1. The van der Waals surface area contributed by atoms with E-state index in [9.17, 15) is 14.0 Å². The van der Waals surface area contributed by atoms with Crippen LogP contribution in [0.4, 0.5) is 4.39 Å². The highest BCUT2D eigenvalue weighted by atomic mass is 19.1. The Kier molecular flexibility index (Phi) is 3.90. The summed E-state index contributed by atoms with van der Waals surface area (Å²) in [5.41, 5.74) is -0.0628. The largest absolute Gasteiger partial charge is 0.480 e. The Morgan fingerprint density at radius 2 is 2.25 bits per heavy atom. The molecule has 7 heteroatoms. The lowest BCUT2D eigenvalue weighted by atomic mass is 10.2. The molecule has 1 aromatic heterocycles. The van der Waals surface area contributed by atoms with Crippen LogP contribution >= 0.6 is 0 Å². The first-order valence-electron chi connectivity index (χ1n) is 4.30. The molecule has 0 aliphatic heterocycles. The van der Waals surface area contributed by atoms with Crippen molar-refractivity contribution < 1.29 is 24.2 Å². The summed E-state index contributed by atoms with van der Waals surface area (Å²) in [4.78, 5) is 25.1. The first kappa shape index (κ1) is 12.1. The van der Waals surface area contributed by atoms with Gasteiger partial charge in [-0.05, 0) is 6.07 Å². The molecule has 1 heterocycles. The molecule has 86 valence electrons. The number of hydrogen-bond donors (Lipinski definition) is 3. The minimum Gasteiger partial charge on any atom is -0.480 e. The molecular weight excluding hydrogens is 219 g/mol. The van der Waals surface area contributed by atoms with Crippen molar-refractivity contribution in [3.8, 4) is 0 Å². The predicted molar refractivity (Wildman–Crippen MR) is 50.2 cm³/mol. The monoisotopic (exact) mass is 228 g/mol. The normalized spacial score (nSPS) is 11.9. The van der Waals surface area contributed by atoms with Crippen molar-refractivity contribution in [2.75, 3.05) is 6.61 Å². The molecule has 6 nitrogen and oxygen atoms in total. The standard InChI is InChI=1S/C9H9FN2O4/c10-7-3-5(1-2-11-7)8(14)12-6(4-13)9(15)16/h1-3,6,13H,4H2,(H,12,14)(H,15,16)/t6-/m1/s1. The van der Waals surface area contributed by atoms with Crippen LogP contribution in [0.25, 0.3) is 0 Å². The fourth-order valence-corrected chi connectivity index (χ4v) is 0.971. The summed E-state index contributed by atoms with van der Waals surface area (Å²) in [5, 5.41) is 19.3. The number of rotatable bonds is 4. The molecule has 0 unspecified atom stereocenters. The Hall–Kier alpha value is -2.02. The first-order valence-corrected chi connectivity index (χ1v) is 4.30. The predicted octanol–water partition coefficient (Wildman–Crippen LogP) is -0.604. The molecule has 1 atom stereocenters. The van der Waals surface area contributed by atoms with Crippen LogP contribution in [0.3, 0.4) is 0 Å². The van der Waals surface area contributed by atoms with Crippen LogP contribution in [-0.4, -0.2) is 39.7 Å². The smallest absolute Gasteiger partial charge is 0.328 e. The van der Waals surface area contributed by atoms with Crippen LogP contribution in [0.5, 0.6) is 0 Å². The number of halogens is 1. The van der Waals surface area contributed by atoms with Crippen LogP contribution in [0, 0.1) is 5.95 Å². The third-order valence-electron chi connectivity index (χ3n) is 1.77. The number of aliphatic hydroxyl groups is 1. The van der Waals surface area contributed by atoms with Gasteiger partial charge in [-0.2, -0.15) is 4.39 Å². The molecule has 0 saturated heterocycles. The van der Waals surface area contributed by atoms with Gasteiger partial charge in [0, 0.05) is 17.8 Å². The average Bonchev–Trinajstić information content (AvgIpc) is 2.25. The number of carboxylic acid groups (broad SMARTS) is 1. The number of carboxylic acids is 1. The SMILES string of the molecule is O=C(N[C@H](CO)C(=O)O)c1ccnc(F)c1. The van der Waals surface area contributed by atoms with Crippen LogP contribution in [0.15, 0.2) is 18.3 Å². The van der Waals surface area contributed by atoms with E-state index < -0.39 is 30.5 Å². The maximum absolute atomic E-state index is 12.6. The fraction of sp³-hybridized carbons (Fsp3) is 0.222. The van der Waals surface area contributed by atoms with E-state index in [1.54, 1.807) is 0 Å². The number of nitrogens with one attached hydrogen (secondary N) is 1. The number of aliphatic hydroxyl groups excluding tert-OH is 1. The van der Waals surface area contributed by atoms with E-state index in [4.69, 9.17) is 10.2 Å². The molecule has 1 rings (SSSR count). The molecule has 1 aromatic rings. The molecule has 0 spiro atoms. The van der Waals surface area contributed by atoms with Gasteiger partial charge in [0.25, 0.3) is 5.91 Å². The van der Waals surface area contributed by atoms with Gasteiger partial charge in [-0.3, -0.25) is 4.79 Å². The van der Waals surface area contributed by atoms with Gasteiger partial charge < -0.3 is 15.5 Å². The van der Waals surface area contributed by atoms with E-state index in [0.717, 1.165) is 12.3 Å². The van der Waals surface area contributed by atoms with Crippen molar-refractivity contribution in [1.29, 1.82) is 0 Å². The molecule has 0 fully saturated rings. The maximum Gasteiger partial charge on any atom is 0.328 e. The Bertz CT molecular complexity index is 410. The van der Waals surface area contributed by atoms with Gasteiger partial charge in [0.05, 0.1) is 6.61 Å². The van der Waals surface area contributed by atoms with Crippen molar-refractivity contribution in [2.24, 2.45) is 0 Å². The Labute approximate surface area is 89.7 Å². The van der Waals surface area contributed by atoms with Crippen molar-refractivity contribution in [3.63, 3.8) is 0 Å². The number of pyridine rings is 1. The van der Waals surface area contributed by atoms with E-state index in [1.165, 1.54) is 6.07 Å². The Morgan fingerprint density at radius 3 is 2.75 bits per heavy atom. The quantitative estimate of drug-likeness (QED) is 0.597. The zero-order valence-electron chi connectivity index (χ0n) is 8.05.